The molecule has 0 atom stereocenters. The molecule has 0 saturated heterocycles. The van der Waals surface area contributed by atoms with Crippen molar-refractivity contribution in [3.63, 3.8) is 0 Å². The van der Waals surface area contributed by atoms with Gasteiger partial charge in [0.05, 0.1) is 11.0 Å². The highest BCUT2D eigenvalue weighted by molar-refractivity contribution is 6.24. The van der Waals surface area contributed by atoms with E-state index in [1.54, 1.807) is 0 Å². The van der Waals surface area contributed by atoms with E-state index in [-0.39, 0.29) is 0 Å². The normalized spacial score (nSPS) is 11.7. The van der Waals surface area contributed by atoms with Crippen LogP contribution in [-0.2, 0) is 0 Å². The van der Waals surface area contributed by atoms with E-state index >= 15 is 0 Å². The summed E-state index contributed by atoms with van der Waals surface area (Å²) >= 11 is 0. The molecule has 0 spiro atoms. The fourth-order valence-corrected chi connectivity index (χ4v) is 6.20. The zero-order valence-corrected chi connectivity index (χ0v) is 23.1. The van der Waals surface area contributed by atoms with Gasteiger partial charge in [-0.1, -0.05) is 103 Å². The number of anilines is 3. The van der Waals surface area contributed by atoms with Crippen molar-refractivity contribution in [3.8, 4) is 5.69 Å². The van der Waals surface area contributed by atoms with Crippen LogP contribution in [0.25, 0.3) is 50.4 Å². The van der Waals surface area contributed by atoms with E-state index in [0.717, 1.165) is 22.6 Å². The van der Waals surface area contributed by atoms with Crippen LogP contribution >= 0.6 is 0 Å². The summed E-state index contributed by atoms with van der Waals surface area (Å²) in [7, 11) is 0. The summed E-state index contributed by atoms with van der Waals surface area (Å²) in [6.45, 7) is 0. The zero-order chi connectivity index (χ0) is 27.9. The van der Waals surface area contributed by atoms with Crippen LogP contribution in [0, 0.1) is 0 Å². The molecule has 42 heavy (non-hydrogen) atoms. The molecule has 2 heteroatoms. The summed E-state index contributed by atoms with van der Waals surface area (Å²) in [4.78, 5) is 2.29. The SMILES string of the molecule is C(=C\c1cc2ccc3cccc4c3c2c(c1)n4-c1ccccc1)/c1ccc(N(c2ccccc2)c2ccccc2)cc1. The number of hydrogen-bond acceptors (Lipinski definition) is 1. The highest BCUT2D eigenvalue weighted by Crippen LogP contribution is 2.40. The number of aromatic nitrogens is 1. The predicted molar refractivity (Wildman–Crippen MR) is 180 cm³/mol. The van der Waals surface area contributed by atoms with Gasteiger partial charge in [0.15, 0.2) is 0 Å². The second kappa shape index (κ2) is 10.1. The van der Waals surface area contributed by atoms with Crippen molar-refractivity contribution in [2.45, 2.75) is 0 Å². The highest BCUT2D eigenvalue weighted by atomic mass is 15.1. The van der Waals surface area contributed by atoms with Crippen molar-refractivity contribution >= 4 is 61.8 Å². The maximum atomic E-state index is 2.40. The summed E-state index contributed by atoms with van der Waals surface area (Å²) in [5, 5.41) is 5.21. The van der Waals surface area contributed by atoms with Gasteiger partial charge < -0.3 is 9.47 Å². The summed E-state index contributed by atoms with van der Waals surface area (Å²) in [6, 6.07) is 56.2. The Labute approximate surface area is 245 Å². The molecule has 2 nitrogen and oxygen atoms in total. The van der Waals surface area contributed by atoms with E-state index in [1.807, 2.05) is 0 Å². The van der Waals surface area contributed by atoms with Gasteiger partial charge in [0.1, 0.15) is 0 Å². The number of benzene rings is 7. The minimum atomic E-state index is 1.13. The average Bonchev–Trinajstić information content (AvgIpc) is 3.40. The molecule has 0 aliphatic heterocycles. The van der Waals surface area contributed by atoms with Crippen LogP contribution in [-0.4, -0.2) is 4.57 Å². The van der Waals surface area contributed by atoms with Gasteiger partial charge in [0, 0.05) is 33.5 Å². The molecular formula is C40H28N2. The highest BCUT2D eigenvalue weighted by Gasteiger charge is 2.17. The van der Waals surface area contributed by atoms with Gasteiger partial charge in [-0.2, -0.15) is 0 Å². The zero-order valence-electron chi connectivity index (χ0n) is 23.1. The lowest BCUT2D eigenvalue weighted by molar-refractivity contribution is 1.18. The topological polar surface area (TPSA) is 8.17 Å². The molecule has 198 valence electrons. The van der Waals surface area contributed by atoms with Crippen molar-refractivity contribution in [3.05, 3.63) is 169 Å². The minimum absolute atomic E-state index is 1.13. The molecule has 0 aliphatic rings. The second-order valence-corrected chi connectivity index (χ2v) is 10.7. The molecule has 0 fully saturated rings. The number of nitrogens with zero attached hydrogens (tertiary/aromatic N) is 2. The molecule has 0 radical (unpaired) electrons. The molecule has 1 heterocycles. The maximum Gasteiger partial charge on any atom is 0.0553 e. The van der Waals surface area contributed by atoms with Gasteiger partial charge in [-0.15, -0.1) is 0 Å². The van der Waals surface area contributed by atoms with Crippen molar-refractivity contribution in [2.75, 3.05) is 4.90 Å². The van der Waals surface area contributed by atoms with Crippen LogP contribution in [0.1, 0.15) is 11.1 Å². The molecule has 0 bridgehead atoms. The first-order valence-electron chi connectivity index (χ1n) is 14.4. The predicted octanol–water partition coefficient (Wildman–Crippen LogP) is 11.0. The summed E-state index contributed by atoms with van der Waals surface area (Å²) in [6.07, 6.45) is 4.44. The Kier molecular flexibility index (Phi) is 5.82. The second-order valence-electron chi connectivity index (χ2n) is 10.7. The molecule has 8 aromatic rings. The van der Waals surface area contributed by atoms with Gasteiger partial charge >= 0.3 is 0 Å². The lowest BCUT2D eigenvalue weighted by Crippen LogP contribution is -2.09. The first kappa shape index (κ1) is 24.2. The standard InChI is InChI=1S/C40H28N2/c1-4-12-33(13-5-1)41(34-14-6-2-7-15-34)36-25-21-29(22-26-36)19-20-30-27-32-24-23-31-11-10-18-37-39(31)40(32)38(28-30)42(37)35-16-8-3-9-17-35/h1-28H/b20-19+. The van der Waals surface area contributed by atoms with Crippen LogP contribution in [0.4, 0.5) is 17.1 Å². The Morgan fingerprint density at radius 3 is 1.67 bits per heavy atom. The first-order valence-corrected chi connectivity index (χ1v) is 14.4. The quantitative estimate of drug-likeness (QED) is 0.152. The van der Waals surface area contributed by atoms with E-state index in [9.17, 15) is 0 Å². The summed E-state index contributed by atoms with van der Waals surface area (Å²) in [5.74, 6) is 0. The van der Waals surface area contributed by atoms with Crippen LogP contribution in [0.3, 0.4) is 0 Å². The Hall–Kier alpha value is -5.60. The lowest BCUT2D eigenvalue weighted by atomic mass is 10.00. The minimum Gasteiger partial charge on any atom is -0.311 e. The molecule has 0 unspecified atom stereocenters. The Morgan fingerprint density at radius 1 is 0.405 bits per heavy atom. The van der Waals surface area contributed by atoms with Crippen molar-refractivity contribution in [2.24, 2.45) is 0 Å². The van der Waals surface area contributed by atoms with Gasteiger partial charge in [-0.3, -0.25) is 0 Å². The third-order valence-corrected chi connectivity index (χ3v) is 8.08. The third kappa shape index (κ3) is 4.13. The van der Waals surface area contributed by atoms with Crippen LogP contribution in [0.15, 0.2) is 158 Å². The fourth-order valence-electron chi connectivity index (χ4n) is 6.20. The summed E-state index contributed by atoms with van der Waals surface area (Å²) in [5.41, 5.74) is 9.42. The van der Waals surface area contributed by atoms with E-state index in [2.05, 4.69) is 179 Å². The summed E-state index contributed by atoms with van der Waals surface area (Å²) < 4.78 is 2.40. The van der Waals surface area contributed by atoms with Gasteiger partial charge in [-0.05, 0) is 88.6 Å². The van der Waals surface area contributed by atoms with Crippen molar-refractivity contribution in [1.29, 1.82) is 0 Å². The molecule has 0 amide bonds. The van der Waals surface area contributed by atoms with E-state index in [1.165, 1.54) is 43.8 Å². The lowest BCUT2D eigenvalue weighted by Gasteiger charge is -2.25. The van der Waals surface area contributed by atoms with Crippen molar-refractivity contribution < 1.29 is 0 Å². The first-order chi connectivity index (χ1) is 20.8. The largest absolute Gasteiger partial charge is 0.311 e. The molecular weight excluding hydrogens is 508 g/mol. The smallest absolute Gasteiger partial charge is 0.0553 e. The Bertz CT molecular complexity index is 2120. The Morgan fingerprint density at radius 2 is 0.976 bits per heavy atom. The van der Waals surface area contributed by atoms with Gasteiger partial charge in [-0.25, -0.2) is 0 Å². The number of rotatable bonds is 6. The molecule has 7 aromatic carbocycles. The molecule has 0 saturated carbocycles. The average molecular weight is 537 g/mol. The van der Waals surface area contributed by atoms with E-state index in [0.29, 0.717) is 0 Å². The molecule has 0 aliphatic carbocycles. The van der Waals surface area contributed by atoms with Crippen molar-refractivity contribution in [1.82, 2.24) is 4.57 Å². The van der Waals surface area contributed by atoms with Crippen LogP contribution < -0.4 is 4.90 Å². The van der Waals surface area contributed by atoms with E-state index < -0.39 is 0 Å². The molecule has 8 rings (SSSR count). The van der Waals surface area contributed by atoms with Gasteiger partial charge in [0.2, 0.25) is 0 Å². The van der Waals surface area contributed by atoms with Crippen LogP contribution in [0.2, 0.25) is 0 Å². The maximum absolute atomic E-state index is 2.40. The van der Waals surface area contributed by atoms with Crippen LogP contribution in [0.5, 0.6) is 0 Å². The van der Waals surface area contributed by atoms with Gasteiger partial charge in [0.25, 0.3) is 0 Å². The number of para-hydroxylation sites is 3. The number of hydrogen-bond donors (Lipinski definition) is 0. The monoisotopic (exact) mass is 536 g/mol. The third-order valence-electron chi connectivity index (χ3n) is 8.08. The molecule has 0 N–H and O–H groups in total. The molecule has 1 aromatic heterocycles. The fraction of sp³-hybridized carbons (Fsp3) is 0. The Balaban J connectivity index is 1.19. The van der Waals surface area contributed by atoms with E-state index in [4.69, 9.17) is 0 Å².